The molecule has 1 aromatic carbocycles. The molecule has 0 aliphatic heterocycles. The van der Waals surface area contributed by atoms with Gasteiger partial charge in [-0.25, -0.2) is 4.39 Å². The molecule has 0 heterocycles. The summed E-state index contributed by atoms with van der Waals surface area (Å²) >= 11 is 0. The Morgan fingerprint density at radius 3 is 2.65 bits per heavy atom. The summed E-state index contributed by atoms with van der Waals surface area (Å²) < 4.78 is 13.1. The lowest BCUT2D eigenvalue weighted by molar-refractivity contribution is 0.320. The number of aryl methyl sites for hydroxylation is 1. The molecule has 0 radical (unpaired) electrons. The monoisotopic (exact) mass is 238 g/mol. The Balaban J connectivity index is 2.39. The van der Waals surface area contributed by atoms with E-state index in [2.05, 4.69) is 31.1 Å². The second-order valence-electron chi connectivity index (χ2n) is 4.93. The van der Waals surface area contributed by atoms with Crippen LogP contribution in [0.4, 0.5) is 4.39 Å². The first-order chi connectivity index (χ1) is 7.99. The molecule has 1 aromatic rings. The molecule has 2 nitrogen and oxygen atoms in total. The van der Waals surface area contributed by atoms with Crippen molar-refractivity contribution in [2.24, 2.45) is 0 Å². The number of nitrogens with one attached hydrogen (secondary N) is 1. The summed E-state index contributed by atoms with van der Waals surface area (Å²) in [6.07, 6.45) is 0. The van der Waals surface area contributed by atoms with E-state index < -0.39 is 0 Å². The Morgan fingerprint density at radius 1 is 1.35 bits per heavy atom. The van der Waals surface area contributed by atoms with Gasteiger partial charge >= 0.3 is 0 Å². The first kappa shape index (κ1) is 14.1. The zero-order chi connectivity index (χ0) is 12.8. The molecule has 0 saturated carbocycles. The summed E-state index contributed by atoms with van der Waals surface area (Å²) in [7, 11) is 2.08. The fourth-order valence-corrected chi connectivity index (χ4v) is 1.74. The van der Waals surface area contributed by atoms with E-state index in [-0.39, 0.29) is 5.82 Å². The van der Waals surface area contributed by atoms with Crippen LogP contribution in [0.3, 0.4) is 0 Å². The van der Waals surface area contributed by atoms with Gasteiger partial charge in [-0.15, -0.1) is 0 Å². The van der Waals surface area contributed by atoms with Gasteiger partial charge in [-0.3, -0.25) is 0 Å². The van der Waals surface area contributed by atoms with Gasteiger partial charge in [0.05, 0.1) is 0 Å². The van der Waals surface area contributed by atoms with Crippen molar-refractivity contribution in [2.45, 2.75) is 33.4 Å². The first-order valence-electron chi connectivity index (χ1n) is 6.16. The van der Waals surface area contributed by atoms with Crippen molar-refractivity contribution in [3.05, 3.63) is 35.1 Å². The minimum Gasteiger partial charge on any atom is -0.313 e. The molecule has 0 atom stereocenters. The lowest BCUT2D eigenvalue weighted by Crippen LogP contribution is -2.32. The van der Waals surface area contributed by atoms with E-state index in [1.165, 1.54) is 0 Å². The minimum atomic E-state index is -0.127. The van der Waals surface area contributed by atoms with Gasteiger partial charge in [-0.2, -0.15) is 0 Å². The van der Waals surface area contributed by atoms with Crippen LogP contribution < -0.4 is 5.32 Å². The van der Waals surface area contributed by atoms with E-state index in [0.717, 1.165) is 30.8 Å². The highest BCUT2D eigenvalue weighted by Gasteiger charge is 2.03. The van der Waals surface area contributed by atoms with E-state index in [9.17, 15) is 4.39 Å². The lowest BCUT2D eigenvalue weighted by Gasteiger charge is -2.18. The quantitative estimate of drug-likeness (QED) is 0.819. The molecule has 0 bridgehead atoms. The fraction of sp³-hybridized carbons (Fsp3) is 0.571. The predicted molar refractivity (Wildman–Crippen MR) is 70.6 cm³/mol. The number of halogens is 1. The smallest absolute Gasteiger partial charge is 0.126 e. The Hall–Kier alpha value is -0.930. The van der Waals surface area contributed by atoms with Gasteiger partial charge in [0.25, 0.3) is 0 Å². The van der Waals surface area contributed by atoms with Crippen LogP contribution in [0.15, 0.2) is 18.2 Å². The van der Waals surface area contributed by atoms with Gasteiger partial charge in [-0.1, -0.05) is 26.0 Å². The van der Waals surface area contributed by atoms with Crippen molar-refractivity contribution in [3.63, 3.8) is 0 Å². The number of hydrogen-bond donors (Lipinski definition) is 1. The van der Waals surface area contributed by atoms with Crippen LogP contribution >= 0.6 is 0 Å². The molecule has 0 aromatic heterocycles. The molecule has 96 valence electrons. The van der Waals surface area contributed by atoms with Crippen molar-refractivity contribution in [2.75, 3.05) is 20.1 Å². The summed E-state index contributed by atoms with van der Waals surface area (Å²) in [4.78, 5) is 2.24. The van der Waals surface area contributed by atoms with Crippen molar-refractivity contribution in [1.29, 1.82) is 0 Å². The summed E-state index contributed by atoms with van der Waals surface area (Å²) in [6, 6.07) is 5.85. The predicted octanol–water partition coefficient (Wildman–Crippen LogP) is 2.56. The third kappa shape index (κ3) is 5.29. The third-order valence-electron chi connectivity index (χ3n) is 2.72. The van der Waals surface area contributed by atoms with Crippen LogP contribution in [0, 0.1) is 12.7 Å². The third-order valence-corrected chi connectivity index (χ3v) is 2.72. The topological polar surface area (TPSA) is 15.3 Å². The highest BCUT2D eigenvalue weighted by Crippen LogP contribution is 2.10. The largest absolute Gasteiger partial charge is 0.313 e. The second-order valence-corrected chi connectivity index (χ2v) is 4.93. The molecule has 0 aliphatic carbocycles. The van der Waals surface area contributed by atoms with Crippen LogP contribution in [-0.2, 0) is 6.54 Å². The molecule has 17 heavy (non-hydrogen) atoms. The van der Waals surface area contributed by atoms with Crippen LogP contribution in [0.2, 0.25) is 0 Å². The maximum absolute atomic E-state index is 13.1. The number of likely N-dealkylation sites (N-methyl/N-ethyl adjacent to an activating group) is 1. The Morgan fingerprint density at radius 2 is 2.06 bits per heavy atom. The first-order valence-corrected chi connectivity index (χ1v) is 6.16. The molecule has 0 fully saturated rings. The summed E-state index contributed by atoms with van der Waals surface area (Å²) in [6.45, 7) is 8.93. The molecule has 3 heteroatoms. The van der Waals surface area contributed by atoms with Crippen molar-refractivity contribution < 1.29 is 4.39 Å². The van der Waals surface area contributed by atoms with Crippen LogP contribution in [0.5, 0.6) is 0 Å². The number of rotatable bonds is 6. The zero-order valence-electron chi connectivity index (χ0n) is 11.3. The summed E-state index contributed by atoms with van der Waals surface area (Å²) in [5.74, 6) is -0.127. The molecule has 0 unspecified atom stereocenters. The molecular weight excluding hydrogens is 215 g/mol. The van der Waals surface area contributed by atoms with Crippen LogP contribution in [-0.4, -0.2) is 31.1 Å². The summed E-state index contributed by atoms with van der Waals surface area (Å²) in [5, 5.41) is 3.38. The highest BCUT2D eigenvalue weighted by atomic mass is 19.1. The SMILES string of the molecule is Cc1cc(CN(C)CCNC(C)C)ccc1F. The maximum atomic E-state index is 13.1. The maximum Gasteiger partial charge on any atom is 0.126 e. The van der Waals surface area contributed by atoms with Crippen LogP contribution in [0.1, 0.15) is 25.0 Å². The average molecular weight is 238 g/mol. The van der Waals surface area contributed by atoms with E-state index in [1.807, 2.05) is 12.1 Å². The molecule has 0 amide bonds. The number of hydrogen-bond acceptors (Lipinski definition) is 2. The fourth-order valence-electron chi connectivity index (χ4n) is 1.74. The standard InChI is InChI=1S/C14H23FN2/c1-11(2)16-7-8-17(4)10-13-5-6-14(15)12(3)9-13/h5-6,9,11,16H,7-8,10H2,1-4H3. The Kier molecular flexibility index (Phi) is 5.59. The summed E-state index contributed by atoms with van der Waals surface area (Å²) in [5.41, 5.74) is 1.88. The van der Waals surface area contributed by atoms with Gasteiger partial charge in [0.2, 0.25) is 0 Å². The molecular formula is C14H23FN2. The van der Waals surface area contributed by atoms with E-state index in [1.54, 1.807) is 13.0 Å². The number of benzene rings is 1. The van der Waals surface area contributed by atoms with Gasteiger partial charge < -0.3 is 10.2 Å². The van der Waals surface area contributed by atoms with E-state index >= 15 is 0 Å². The lowest BCUT2D eigenvalue weighted by atomic mass is 10.1. The van der Waals surface area contributed by atoms with Crippen LogP contribution in [0.25, 0.3) is 0 Å². The highest BCUT2D eigenvalue weighted by molar-refractivity contribution is 5.23. The molecule has 1 rings (SSSR count). The van der Waals surface area contributed by atoms with Gasteiger partial charge in [0.15, 0.2) is 0 Å². The van der Waals surface area contributed by atoms with Gasteiger partial charge in [-0.05, 0) is 31.2 Å². The van der Waals surface area contributed by atoms with Crippen molar-refractivity contribution in [1.82, 2.24) is 10.2 Å². The minimum absolute atomic E-state index is 0.127. The normalized spacial score (nSPS) is 11.5. The average Bonchev–Trinajstić information content (AvgIpc) is 2.23. The molecule has 0 spiro atoms. The van der Waals surface area contributed by atoms with Gasteiger partial charge in [0, 0.05) is 25.7 Å². The Labute approximate surface area is 104 Å². The van der Waals surface area contributed by atoms with Crippen molar-refractivity contribution >= 4 is 0 Å². The van der Waals surface area contributed by atoms with Crippen molar-refractivity contribution in [3.8, 4) is 0 Å². The van der Waals surface area contributed by atoms with E-state index in [0.29, 0.717) is 6.04 Å². The van der Waals surface area contributed by atoms with Gasteiger partial charge in [0.1, 0.15) is 5.82 Å². The van der Waals surface area contributed by atoms with E-state index in [4.69, 9.17) is 0 Å². The Bertz CT molecular complexity index is 350. The molecule has 1 N–H and O–H groups in total. The second kappa shape index (κ2) is 6.72. The molecule has 0 saturated heterocycles. The molecule has 0 aliphatic rings. The zero-order valence-corrected chi connectivity index (χ0v) is 11.3. The number of nitrogens with zero attached hydrogens (tertiary/aromatic N) is 1.